The standard InChI is InChI=1S/C20H21N3O4/c1-13(24)21-15-9-5-7-11-17(15)27-12-18(25)23-16-10-6-4-8-14(16)22-19(26)20(23,2)3/h4-11H,12H2,1-3H3,(H,21,24)(H,22,26). The molecule has 0 aliphatic carbocycles. The summed E-state index contributed by atoms with van der Waals surface area (Å²) < 4.78 is 5.66. The van der Waals surface area contributed by atoms with Crippen molar-refractivity contribution in [3.05, 3.63) is 48.5 Å². The molecule has 7 nitrogen and oxygen atoms in total. The van der Waals surface area contributed by atoms with Gasteiger partial charge in [-0.3, -0.25) is 19.3 Å². The van der Waals surface area contributed by atoms with E-state index in [0.717, 1.165) is 0 Å². The van der Waals surface area contributed by atoms with Crippen molar-refractivity contribution in [1.82, 2.24) is 0 Å². The number of rotatable bonds is 4. The highest BCUT2D eigenvalue weighted by Crippen LogP contribution is 2.36. The van der Waals surface area contributed by atoms with Crippen LogP contribution in [-0.2, 0) is 14.4 Å². The molecule has 2 N–H and O–H groups in total. The third-order valence-electron chi connectivity index (χ3n) is 4.31. The van der Waals surface area contributed by atoms with Gasteiger partial charge in [-0.25, -0.2) is 0 Å². The Kier molecular flexibility index (Phi) is 4.85. The molecule has 0 unspecified atom stereocenters. The second-order valence-corrected chi connectivity index (χ2v) is 6.73. The SMILES string of the molecule is CC(=O)Nc1ccccc1OCC(=O)N1c2ccccc2NC(=O)C1(C)C. The van der Waals surface area contributed by atoms with Crippen molar-refractivity contribution in [1.29, 1.82) is 0 Å². The van der Waals surface area contributed by atoms with Gasteiger partial charge in [-0.2, -0.15) is 0 Å². The Morgan fingerprint density at radius 1 is 1.11 bits per heavy atom. The second kappa shape index (κ2) is 7.11. The lowest BCUT2D eigenvalue weighted by atomic mass is 9.96. The summed E-state index contributed by atoms with van der Waals surface area (Å²) in [6.45, 7) is 4.48. The van der Waals surface area contributed by atoms with Gasteiger partial charge in [0.2, 0.25) is 11.8 Å². The van der Waals surface area contributed by atoms with E-state index in [4.69, 9.17) is 4.74 Å². The number of ether oxygens (including phenoxy) is 1. The van der Waals surface area contributed by atoms with Crippen LogP contribution in [0.3, 0.4) is 0 Å². The highest BCUT2D eigenvalue weighted by molar-refractivity contribution is 6.14. The fraction of sp³-hybridized carbons (Fsp3) is 0.250. The van der Waals surface area contributed by atoms with Crippen molar-refractivity contribution in [2.75, 3.05) is 22.1 Å². The molecule has 0 bridgehead atoms. The fourth-order valence-corrected chi connectivity index (χ4v) is 2.99. The van der Waals surface area contributed by atoms with E-state index < -0.39 is 5.54 Å². The maximum absolute atomic E-state index is 13.0. The Bertz CT molecular complexity index is 908. The van der Waals surface area contributed by atoms with Gasteiger partial charge in [0.15, 0.2) is 6.61 Å². The molecular weight excluding hydrogens is 346 g/mol. The van der Waals surface area contributed by atoms with Crippen molar-refractivity contribution in [2.45, 2.75) is 26.3 Å². The lowest BCUT2D eigenvalue weighted by Gasteiger charge is -2.41. The normalized spacial score (nSPS) is 14.8. The van der Waals surface area contributed by atoms with E-state index >= 15 is 0 Å². The summed E-state index contributed by atoms with van der Waals surface area (Å²) in [5, 5.41) is 5.48. The molecule has 0 fully saturated rings. The number of nitrogens with one attached hydrogen (secondary N) is 2. The van der Waals surface area contributed by atoms with Crippen LogP contribution in [0.4, 0.5) is 17.1 Å². The molecule has 140 valence electrons. The summed E-state index contributed by atoms with van der Waals surface area (Å²) in [4.78, 5) is 38.2. The number of hydrogen-bond donors (Lipinski definition) is 2. The van der Waals surface area contributed by atoms with E-state index in [1.165, 1.54) is 11.8 Å². The molecule has 0 spiro atoms. The van der Waals surface area contributed by atoms with E-state index in [9.17, 15) is 14.4 Å². The third kappa shape index (κ3) is 3.62. The van der Waals surface area contributed by atoms with E-state index in [-0.39, 0.29) is 24.3 Å². The molecule has 2 aromatic carbocycles. The predicted molar refractivity (Wildman–Crippen MR) is 103 cm³/mol. The summed E-state index contributed by atoms with van der Waals surface area (Å²) in [7, 11) is 0. The predicted octanol–water partition coefficient (Wildman–Crippen LogP) is 2.79. The first-order chi connectivity index (χ1) is 12.8. The number of benzene rings is 2. The lowest BCUT2D eigenvalue weighted by Crippen LogP contribution is -2.59. The van der Waals surface area contributed by atoms with Crippen LogP contribution in [0, 0.1) is 0 Å². The minimum absolute atomic E-state index is 0.236. The summed E-state index contributed by atoms with van der Waals surface area (Å²) >= 11 is 0. The zero-order valence-corrected chi connectivity index (χ0v) is 15.4. The molecule has 0 saturated carbocycles. The summed E-state index contributed by atoms with van der Waals surface area (Å²) in [5.41, 5.74) is 0.611. The molecule has 0 radical (unpaired) electrons. The molecule has 1 aliphatic rings. The van der Waals surface area contributed by atoms with Crippen LogP contribution in [0.25, 0.3) is 0 Å². The van der Waals surface area contributed by atoms with Crippen molar-refractivity contribution < 1.29 is 19.1 Å². The number of fused-ring (bicyclic) bond motifs is 1. The molecule has 1 aliphatic heterocycles. The molecule has 2 aromatic rings. The quantitative estimate of drug-likeness (QED) is 0.870. The van der Waals surface area contributed by atoms with Crippen molar-refractivity contribution in [2.24, 2.45) is 0 Å². The highest BCUT2D eigenvalue weighted by atomic mass is 16.5. The molecule has 3 rings (SSSR count). The van der Waals surface area contributed by atoms with Gasteiger partial charge in [0.05, 0.1) is 17.1 Å². The zero-order valence-electron chi connectivity index (χ0n) is 15.4. The lowest BCUT2D eigenvalue weighted by molar-refractivity contribution is -0.127. The fourth-order valence-electron chi connectivity index (χ4n) is 2.99. The van der Waals surface area contributed by atoms with Gasteiger partial charge in [0.1, 0.15) is 11.3 Å². The first-order valence-corrected chi connectivity index (χ1v) is 8.53. The maximum Gasteiger partial charge on any atom is 0.265 e. The van der Waals surface area contributed by atoms with Gasteiger partial charge in [-0.15, -0.1) is 0 Å². The highest BCUT2D eigenvalue weighted by Gasteiger charge is 2.43. The minimum Gasteiger partial charge on any atom is -0.482 e. The first-order valence-electron chi connectivity index (χ1n) is 8.53. The van der Waals surface area contributed by atoms with Crippen LogP contribution >= 0.6 is 0 Å². The molecule has 27 heavy (non-hydrogen) atoms. The summed E-state index contributed by atoms with van der Waals surface area (Å²) in [5.74, 6) is -0.484. The monoisotopic (exact) mass is 367 g/mol. The average Bonchev–Trinajstić information content (AvgIpc) is 2.61. The number of hydrogen-bond acceptors (Lipinski definition) is 4. The van der Waals surface area contributed by atoms with Crippen LogP contribution in [0.2, 0.25) is 0 Å². The topological polar surface area (TPSA) is 87.7 Å². The molecule has 0 aromatic heterocycles. The summed E-state index contributed by atoms with van der Waals surface area (Å²) in [6.07, 6.45) is 0. The van der Waals surface area contributed by atoms with Gasteiger partial charge in [0, 0.05) is 6.92 Å². The molecule has 1 heterocycles. The van der Waals surface area contributed by atoms with E-state index in [2.05, 4.69) is 10.6 Å². The van der Waals surface area contributed by atoms with E-state index in [1.807, 2.05) is 0 Å². The van der Waals surface area contributed by atoms with E-state index in [0.29, 0.717) is 22.8 Å². The molecule has 3 amide bonds. The Hall–Kier alpha value is -3.35. The largest absolute Gasteiger partial charge is 0.482 e. The number of amides is 3. The second-order valence-electron chi connectivity index (χ2n) is 6.73. The maximum atomic E-state index is 13.0. The molecule has 7 heteroatoms. The average molecular weight is 367 g/mol. The minimum atomic E-state index is -1.06. The zero-order chi connectivity index (χ0) is 19.6. The van der Waals surface area contributed by atoms with Gasteiger partial charge < -0.3 is 15.4 Å². The van der Waals surface area contributed by atoms with Gasteiger partial charge >= 0.3 is 0 Å². The first kappa shape index (κ1) is 18.4. The Labute approximate surface area is 157 Å². The smallest absolute Gasteiger partial charge is 0.265 e. The van der Waals surface area contributed by atoms with Gasteiger partial charge in [-0.05, 0) is 38.1 Å². The molecule has 0 saturated heterocycles. The van der Waals surface area contributed by atoms with Gasteiger partial charge in [0.25, 0.3) is 5.91 Å². The summed E-state index contributed by atoms with van der Waals surface area (Å²) in [6, 6.07) is 14.0. The number of nitrogens with zero attached hydrogens (tertiary/aromatic N) is 1. The van der Waals surface area contributed by atoms with Crippen LogP contribution < -0.4 is 20.3 Å². The molecule has 0 atom stereocenters. The Morgan fingerprint density at radius 3 is 2.52 bits per heavy atom. The third-order valence-corrected chi connectivity index (χ3v) is 4.31. The number of anilines is 3. The Balaban J connectivity index is 1.84. The van der Waals surface area contributed by atoms with Gasteiger partial charge in [-0.1, -0.05) is 24.3 Å². The van der Waals surface area contributed by atoms with Crippen LogP contribution in [0.5, 0.6) is 5.75 Å². The Morgan fingerprint density at radius 2 is 1.78 bits per heavy atom. The number of carbonyl (C=O) groups excluding carboxylic acids is 3. The number of carbonyl (C=O) groups is 3. The van der Waals surface area contributed by atoms with Crippen molar-refractivity contribution in [3.8, 4) is 5.75 Å². The van der Waals surface area contributed by atoms with Crippen LogP contribution in [0.1, 0.15) is 20.8 Å². The van der Waals surface area contributed by atoms with Crippen molar-refractivity contribution in [3.63, 3.8) is 0 Å². The van der Waals surface area contributed by atoms with Crippen molar-refractivity contribution >= 4 is 34.8 Å². The van der Waals surface area contributed by atoms with Crippen LogP contribution in [-0.4, -0.2) is 29.9 Å². The number of para-hydroxylation sites is 4. The molecular formula is C20H21N3O4. The van der Waals surface area contributed by atoms with E-state index in [1.54, 1.807) is 62.4 Å². The van der Waals surface area contributed by atoms with Crippen LogP contribution in [0.15, 0.2) is 48.5 Å².